The zero-order valence-corrected chi connectivity index (χ0v) is 14.9. The first-order valence-corrected chi connectivity index (χ1v) is 8.15. The van der Waals surface area contributed by atoms with Crippen LogP contribution in [0.25, 0.3) is 6.08 Å². The summed E-state index contributed by atoms with van der Waals surface area (Å²) in [7, 11) is 0. The zero-order chi connectivity index (χ0) is 16.7. The van der Waals surface area contributed by atoms with E-state index in [1.165, 1.54) is 6.08 Å². The highest BCUT2D eigenvalue weighted by atomic mass is 127. The van der Waals surface area contributed by atoms with Gasteiger partial charge < -0.3 is 10.1 Å². The second-order valence-corrected chi connectivity index (χ2v) is 6.12. The number of para-hydroxylation sites is 1. The van der Waals surface area contributed by atoms with E-state index in [9.17, 15) is 9.59 Å². The summed E-state index contributed by atoms with van der Waals surface area (Å²) in [5, 5.41) is 3.31. The Morgan fingerprint density at radius 3 is 2.52 bits per heavy atom. The molecule has 1 N–H and O–H groups in total. The highest BCUT2D eigenvalue weighted by Crippen LogP contribution is 2.16. The third-order valence-electron chi connectivity index (χ3n) is 2.78. The van der Waals surface area contributed by atoms with Crippen molar-refractivity contribution in [3.8, 4) is 0 Å². The van der Waals surface area contributed by atoms with Crippen LogP contribution in [0.5, 0.6) is 0 Å². The lowest BCUT2D eigenvalue weighted by Crippen LogP contribution is -2.20. The molecule has 0 unspecified atom stereocenters. The van der Waals surface area contributed by atoms with E-state index in [0.29, 0.717) is 10.7 Å². The normalized spacial score (nSPS) is 10.5. The number of nitrogens with one attached hydrogen (secondary N) is 1. The van der Waals surface area contributed by atoms with Crippen LogP contribution in [0.15, 0.2) is 54.6 Å². The number of hydrogen-bond donors (Lipinski definition) is 1. The zero-order valence-electron chi connectivity index (χ0n) is 12.0. The van der Waals surface area contributed by atoms with Crippen molar-refractivity contribution in [1.29, 1.82) is 0 Å². The first-order chi connectivity index (χ1) is 11.0. The monoisotopic (exact) mass is 441 g/mol. The molecule has 0 aliphatic rings. The van der Waals surface area contributed by atoms with E-state index in [1.54, 1.807) is 36.4 Å². The van der Waals surface area contributed by atoms with Crippen molar-refractivity contribution in [2.24, 2.45) is 0 Å². The molecule has 0 aliphatic heterocycles. The van der Waals surface area contributed by atoms with Crippen LogP contribution in [0.2, 0.25) is 5.02 Å². The number of benzene rings is 2. The van der Waals surface area contributed by atoms with Crippen molar-refractivity contribution >= 4 is 57.8 Å². The summed E-state index contributed by atoms with van der Waals surface area (Å²) in [4.78, 5) is 23.3. The van der Waals surface area contributed by atoms with Crippen molar-refractivity contribution in [3.05, 3.63) is 68.8 Å². The number of hydrogen-bond acceptors (Lipinski definition) is 3. The molecule has 23 heavy (non-hydrogen) atoms. The van der Waals surface area contributed by atoms with Gasteiger partial charge in [0.25, 0.3) is 5.91 Å². The van der Waals surface area contributed by atoms with Gasteiger partial charge in [-0.2, -0.15) is 0 Å². The number of halogens is 2. The van der Waals surface area contributed by atoms with E-state index in [-0.39, 0.29) is 12.5 Å². The highest BCUT2D eigenvalue weighted by Gasteiger charge is 2.07. The molecule has 0 saturated carbocycles. The summed E-state index contributed by atoms with van der Waals surface area (Å²) in [6.45, 7) is -0.339. The van der Waals surface area contributed by atoms with E-state index in [2.05, 4.69) is 27.9 Å². The second-order valence-electron chi connectivity index (χ2n) is 4.52. The SMILES string of the molecule is O=C(COC(=O)/C=C/c1ccc(Cl)cc1)Nc1ccccc1I. The van der Waals surface area contributed by atoms with Crippen LogP contribution in [0.4, 0.5) is 5.69 Å². The van der Waals surface area contributed by atoms with Crippen molar-refractivity contribution in [2.75, 3.05) is 11.9 Å². The summed E-state index contributed by atoms with van der Waals surface area (Å²) in [6.07, 6.45) is 2.86. The van der Waals surface area contributed by atoms with Gasteiger partial charge in [-0.3, -0.25) is 4.79 Å². The summed E-state index contributed by atoms with van der Waals surface area (Å²) in [6, 6.07) is 14.3. The molecule has 1 amide bonds. The molecule has 0 radical (unpaired) electrons. The number of amides is 1. The van der Waals surface area contributed by atoms with Crippen LogP contribution in [0.1, 0.15) is 5.56 Å². The van der Waals surface area contributed by atoms with E-state index in [1.807, 2.05) is 18.2 Å². The summed E-state index contributed by atoms with van der Waals surface area (Å²) >= 11 is 7.89. The average molecular weight is 442 g/mol. The largest absolute Gasteiger partial charge is 0.452 e. The van der Waals surface area contributed by atoms with Gasteiger partial charge in [0.2, 0.25) is 0 Å². The number of anilines is 1. The van der Waals surface area contributed by atoms with Gasteiger partial charge in [0, 0.05) is 14.7 Å². The van der Waals surface area contributed by atoms with E-state index >= 15 is 0 Å². The molecule has 118 valence electrons. The Labute approximate surface area is 152 Å². The fourth-order valence-corrected chi connectivity index (χ4v) is 2.32. The number of carbonyl (C=O) groups is 2. The first kappa shape index (κ1) is 17.5. The third kappa shape index (κ3) is 6.03. The minimum absolute atomic E-state index is 0.339. The van der Waals surface area contributed by atoms with E-state index in [0.717, 1.165) is 9.13 Å². The van der Waals surface area contributed by atoms with Crippen molar-refractivity contribution < 1.29 is 14.3 Å². The smallest absolute Gasteiger partial charge is 0.331 e. The van der Waals surface area contributed by atoms with Gasteiger partial charge in [-0.05, 0) is 58.5 Å². The van der Waals surface area contributed by atoms with Crippen LogP contribution in [0, 0.1) is 3.57 Å². The van der Waals surface area contributed by atoms with Gasteiger partial charge in [0.1, 0.15) is 0 Å². The average Bonchev–Trinajstić information content (AvgIpc) is 2.54. The lowest BCUT2D eigenvalue weighted by atomic mass is 10.2. The standard InChI is InChI=1S/C17H13ClINO3/c18-13-8-5-12(6-9-13)7-10-17(22)23-11-16(21)20-15-4-2-1-3-14(15)19/h1-10H,11H2,(H,20,21)/b10-7+. The number of carbonyl (C=O) groups excluding carboxylic acids is 2. The topological polar surface area (TPSA) is 55.4 Å². The molecule has 0 spiro atoms. The molecular formula is C17H13ClINO3. The Kier molecular flexibility index (Phi) is 6.61. The Hall–Kier alpha value is -1.86. The van der Waals surface area contributed by atoms with Crippen LogP contribution in [-0.2, 0) is 14.3 Å². The number of rotatable bonds is 5. The third-order valence-corrected chi connectivity index (χ3v) is 3.97. The van der Waals surface area contributed by atoms with Gasteiger partial charge in [0.05, 0.1) is 5.69 Å². The molecule has 0 bridgehead atoms. The molecule has 2 aromatic rings. The van der Waals surface area contributed by atoms with Gasteiger partial charge in [0.15, 0.2) is 6.61 Å². The first-order valence-electron chi connectivity index (χ1n) is 6.69. The van der Waals surface area contributed by atoms with E-state index < -0.39 is 5.97 Å². The van der Waals surface area contributed by atoms with Crippen molar-refractivity contribution in [3.63, 3.8) is 0 Å². The van der Waals surface area contributed by atoms with Gasteiger partial charge in [-0.15, -0.1) is 0 Å². The predicted octanol–water partition coefficient (Wildman–Crippen LogP) is 4.14. The highest BCUT2D eigenvalue weighted by molar-refractivity contribution is 14.1. The van der Waals surface area contributed by atoms with Crippen LogP contribution >= 0.6 is 34.2 Å². The Balaban J connectivity index is 1.81. The molecule has 0 aromatic heterocycles. The molecule has 2 aromatic carbocycles. The Morgan fingerprint density at radius 1 is 1.13 bits per heavy atom. The molecule has 0 fully saturated rings. The quantitative estimate of drug-likeness (QED) is 0.431. The van der Waals surface area contributed by atoms with Crippen LogP contribution in [-0.4, -0.2) is 18.5 Å². The van der Waals surface area contributed by atoms with Crippen molar-refractivity contribution in [2.45, 2.75) is 0 Å². The molecule has 2 rings (SSSR count). The minimum atomic E-state index is -0.585. The minimum Gasteiger partial charge on any atom is -0.452 e. The van der Waals surface area contributed by atoms with Crippen molar-refractivity contribution in [1.82, 2.24) is 0 Å². The summed E-state index contributed by atoms with van der Waals surface area (Å²) in [5.41, 5.74) is 1.50. The number of ether oxygens (including phenoxy) is 1. The lowest BCUT2D eigenvalue weighted by Gasteiger charge is -2.07. The predicted molar refractivity (Wildman–Crippen MR) is 99.2 cm³/mol. The molecule has 0 saturated heterocycles. The van der Waals surface area contributed by atoms with E-state index in [4.69, 9.17) is 16.3 Å². The number of esters is 1. The molecule has 4 nitrogen and oxygen atoms in total. The van der Waals surface area contributed by atoms with Gasteiger partial charge in [-0.1, -0.05) is 35.9 Å². The second kappa shape index (κ2) is 8.69. The van der Waals surface area contributed by atoms with Gasteiger partial charge >= 0.3 is 5.97 Å². The summed E-state index contributed by atoms with van der Waals surface area (Å²) < 4.78 is 5.80. The fourth-order valence-electron chi connectivity index (χ4n) is 1.67. The molecule has 0 heterocycles. The molecule has 0 atom stereocenters. The molecule has 6 heteroatoms. The van der Waals surface area contributed by atoms with Crippen LogP contribution < -0.4 is 5.32 Å². The van der Waals surface area contributed by atoms with Crippen LogP contribution in [0.3, 0.4) is 0 Å². The maximum Gasteiger partial charge on any atom is 0.331 e. The fraction of sp³-hybridized carbons (Fsp3) is 0.0588. The maximum atomic E-state index is 11.8. The lowest BCUT2D eigenvalue weighted by molar-refractivity contribution is -0.142. The Morgan fingerprint density at radius 2 is 1.83 bits per heavy atom. The molecule has 0 aliphatic carbocycles. The van der Waals surface area contributed by atoms with Gasteiger partial charge in [-0.25, -0.2) is 4.79 Å². The molecular weight excluding hydrogens is 429 g/mol. The maximum absolute atomic E-state index is 11.8. The summed E-state index contributed by atoms with van der Waals surface area (Å²) in [5.74, 6) is -0.972. The Bertz CT molecular complexity index is 729.